The molecule has 6 nitrogen and oxygen atoms in total. The number of rotatable bonds is 5. The van der Waals surface area contributed by atoms with E-state index in [0.29, 0.717) is 22.8 Å². The van der Waals surface area contributed by atoms with Gasteiger partial charge in [0, 0.05) is 17.2 Å². The van der Waals surface area contributed by atoms with E-state index in [9.17, 15) is 4.79 Å². The Hall–Kier alpha value is -3.28. The molecule has 0 saturated heterocycles. The fourth-order valence-corrected chi connectivity index (χ4v) is 2.96. The van der Waals surface area contributed by atoms with Crippen molar-refractivity contribution in [2.45, 2.75) is 26.2 Å². The quantitative estimate of drug-likeness (QED) is 0.556. The molecule has 0 saturated carbocycles. The van der Waals surface area contributed by atoms with E-state index in [1.807, 2.05) is 24.3 Å². The molecule has 0 spiro atoms. The standard InChI is InChI=1S/C23H25NO5/c1-23(2,3)16-9-7-14(8-10-16)21-24-17(22(25)29-21)11-15-12-19(27-5)20(28-6)13-18(15)26-4/h7-13H,1-6H3/b17-11-. The van der Waals surface area contributed by atoms with Crippen molar-refractivity contribution in [3.05, 3.63) is 58.8 Å². The Labute approximate surface area is 170 Å². The van der Waals surface area contributed by atoms with Gasteiger partial charge in [-0.15, -0.1) is 0 Å². The van der Waals surface area contributed by atoms with E-state index < -0.39 is 5.97 Å². The Balaban J connectivity index is 1.97. The van der Waals surface area contributed by atoms with E-state index in [2.05, 4.69) is 25.8 Å². The minimum absolute atomic E-state index is 0.0434. The molecule has 0 aliphatic carbocycles. The van der Waals surface area contributed by atoms with E-state index in [0.717, 1.165) is 5.56 Å². The van der Waals surface area contributed by atoms with Crippen LogP contribution in [0, 0.1) is 0 Å². The van der Waals surface area contributed by atoms with Crippen LogP contribution in [0.5, 0.6) is 17.2 Å². The molecular weight excluding hydrogens is 370 g/mol. The van der Waals surface area contributed by atoms with Crippen LogP contribution in [0.25, 0.3) is 6.08 Å². The van der Waals surface area contributed by atoms with Gasteiger partial charge >= 0.3 is 5.97 Å². The number of benzene rings is 2. The lowest BCUT2D eigenvalue weighted by Gasteiger charge is -2.18. The van der Waals surface area contributed by atoms with Crippen LogP contribution < -0.4 is 14.2 Å². The first-order chi connectivity index (χ1) is 13.8. The third-order valence-corrected chi connectivity index (χ3v) is 4.65. The van der Waals surface area contributed by atoms with Gasteiger partial charge in [0.15, 0.2) is 17.2 Å². The van der Waals surface area contributed by atoms with Crippen molar-refractivity contribution >= 4 is 17.9 Å². The summed E-state index contributed by atoms with van der Waals surface area (Å²) in [6, 6.07) is 11.3. The first-order valence-electron chi connectivity index (χ1n) is 9.20. The highest BCUT2D eigenvalue weighted by molar-refractivity contribution is 6.13. The van der Waals surface area contributed by atoms with Gasteiger partial charge in [0.1, 0.15) is 5.75 Å². The second kappa shape index (κ2) is 7.99. The second-order valence-corrected chi connectivity index (χ2v) is 7.61. The zero-order chi connectivity index (χ0) is 21.2. The summed E-state index contributed by atoms with van der Waals surface area (Å²) in [5, 5.41) is 0. The van der Waals surface area contributed by atoms with Gasteiger partial charge in [-0.3, -0.25) is 0 Å². The summed E-state index contributed by atoms with van der Waals surface area (Å²) in [5.41, 5.74) is 2.79. The molecule has 1 heterocycles. The van der Waals surface area contributed by atoms with Gasteiger partial charge in [-0.1, -0.05) is 32.9 Å². The fraction of sp³-hybridized carbons (Fsp3) is 0.304. The van der Waals surface area contributed by atoms with E-state index in [-0.39, 0.29) is 17.0 Å². The number of aliphatic imine (C=N–C) groups is 1. The van der Waals surface area contributed by atoms with Gasteiger partial charge < -0.3 is 18.9 Å². The molecule has 0 atom stereocenters. The number of esters is 1. The Bertz CT molecular complexity index is 982. The van der Waals surface area contributed by atoms with Crippen LogP contribution in [0.1, 0.15) is 37.5 Å². The highest BCUT2D eigenvalue weighted by atomic mass is 16.6. The van der Waals surface area contributed by atoms with E-state index >= 15 is 0 Å². The average molecular weight is 395 g/mol. The number of methoxy groups -OCH3 is 3. The first-order valence-corrected chi connectivity index (χ1v) is 9.20. The molecule has 0 fully saturated rings. The number of hydrogen-bond donors (Lipinski definition) is 0. The van der Waals surface area contributed by atoms with Crippen LogP contribution in [0.3, 0.4) is 0 Å². The Kier molecular flexibility index (Phi) is 5.64. The van der Waals surface area contributed by atoms with Crippen molar-refractivity contribution in [2.75, 3.05) is 21.3 Å². The fourth-order valence-electron chi connectivity index (χ4n) is 2.96. The SMILES string of the molecule is COc1cc(OC)c(OC)cc1/C=C1\N=C(c2ccc(C(C)(C)C)cc2)OC1=O. The largest absolute Gasteiger partial charge is 0.496 e. The van der Waals surface area contributed by atoms with Gasteiger partial charge in [-0.25, -0.2) is 9.79 Å². The molecule has 1 aliphatic rings. The highest BCUT2D eigenvalue weighted by Crippen LogP contribution is 2.36. The molecule has 6 heteroatoms. The molecule has 0 amide bonds. The lowest BCUT2D eigenvalue weighted by atomic mass is 9.87. The number of cyclic esters (lactones) is 1. The Morgan fingerprint density at radius 2 is 1.48 bits per heavy atom. The maximum Gasteiger partial charge on any atom is 0.363 e. The van der Waals surface area contributed by atoms with Crippen molar-refractivity contribution in [3.63, 3.8) is 0 Å². The number of hydrogen-bond acceptors (Lipinski definition) is 6. The molecule has 0 N–H and O–H groups in total. The second-order valence-electron chi connectivity index (χ2n) is 7.61. The molecule has 0 bridgehead atoms. The minimum Gasteiger partial charge on any atom is -0.496 e. The van der Waals surface area contributed by atoms with E-state index in [1.54, 1.807) is 39.5 Å². The number of nitrogens with zero attached hydrogens (tertiary/aromatic N) is 1. The van der Waals surface area contributed by atoms with Crippen molar-refractivity contribution in [1.82, 2.24) is 0 Å². The van der Waals surface area contributed by atoms with Crippen molar-refractivity contribution < 1.29 is 23.7 Å². The van der Waals surface area contributed by atoms with E-state index in [1.165, 1.54) is 5.56 Å². The minimum atomic E-state index is -0.517. The monoisotopic (exact) mass is 395 g/mol. The predicted molar refractivity (Wildman–Crippen MR) is 112 cm³/mol. The van der Waals surface area contributed by atoms with Crippen molar-refractivity contribution in [3.8, 4) is 17.2 Å². The van der Waals surface area contributed by atoms with Crippen LogP contribution in [0.15, 0.2) is 47.1 Å². The summed E-state index contributed by atoms with van der Waals surface area (Å²) in [4.78, 5) is 16.7. The van der Waals surface area contributed by atoms with E-state index in [4.69, 9.17) is 18.9 Å². The third-order valence-electron chi connectivity index (χ3n) is 4.65. The van der Waals surface area contributed by atoms with Crippen molar-refractivity contribution in [1.29, 1.82) is 0 Å². The summed E-state index contributed by atoms with van der Waals surface area (Å²) >= 11 is 0. The van der Waals surface area contributed by atoms with Crippen LogP contribution >= 0.6 is 0 Å². The Morgan fingerprint density at radius 1 is 0.897 bits per heavy atom. The molecule has 0 unspecified atom stereocenters. The van der Waals surface area contributed by atoms with Gasteiger partial charge in [0.2, 0.25) is 5.90 Å². The number of ether oxygens (including phenoxy) is 4. The highest BCUT2D eigenvalue weighted by Gasteiger charge is 2.25. The molecule has 2 aromatic carbocycles. The molecular formula is C23H25NO5. The zero-order valence-electron chi connectivity index (χ0n) is 17.5. The lowest BCUT2D eigenvalue weighted by Crippen LogP contribution is -2.11. The molecule has 29 heavy (non-hydrogen) atoms. The van der Waals surface area contributed by atoms with Gasteiger partial charge in [-0.2, -0.15) is 0 Å². The normalized spacial score (nSPS) is 15.2. The van der Waals surface area contributed by atoms with Crippen molar-refractivity contribution in [2.24, 2.45) is 4.99 Å². The van der Waals surface area contributed by atoms with Gasteiger partial charge in [0.25, 0.3) is 0 Å². The summed E-state index contributed by atoms with van der Waals surface area (Å²) < 4.78 is 21.4. The molecule has 2 aromatic rings. The summed E-state index contributed by atoms with van der Waals surface area (Å²) in [5.74, 6) is 1.34. The Morgan fingerprint density at radius 3 is 2.03 bits per heavy atom. The molecule has 1 aliphatic heterocycles. The predicted octanol–water partition coefficient (Wildman–Crippen LogP) is 4.35. The topological polar surface area (TPSA) is 66.3 Å². The molecule has 0 aromatic heterocycles. The van der Waals surface area contributed by atoms with Crippen LogP contribution in [-0.2, 0) is 14.9 Å². The third kappa shape index (κ3) is 4.26. The summed E-state index contributed by atoms with van der Waals surface area (Å²) in [7, 11) is 4.63. The number of carbonyl (C=O) groups excluding carboxylic acids is 1. The summed E-state index contributed by atoms with van der Waals surface area (Å²) in [6.45, 7) is 6.44. The number of carbonyl (C=O) groups is 1. The average Bonchev–Trinajstić information content (AvgIpc) is 3.07. The van der Waals surface area contributed by atoms with Crippen LogP contribution in [0.2, 0.25) is 0 Å². The molecule has 0 radical (unpaired) electrons. The maximum absolute atomic E-state index is 12.4. The lowest BCUT2D eigenvalue weighted by molar-refractivity contribution is -0.129. The van der Waals surface area contributed by atoms with Gasteiger partial charge in [-0.05, 0) is 35.3 Å². The van der Waals surface area contributed by atoms with Crippen LogP contribution in [-0.4, -0.2) is 33.2 Å². The summed E-state index contributed by atoms with van der Waals surface area (Å²) in [6.07, 6.45) is 1.61. The molecule has 3 rings (SSSR count). The zero-order valence-corrected chi connectivity index (χ0v) is 17.5. The smallest absolute Gasteiger partial charge is 0.363 e. The first kappa shape index (κ1) is 20.5. The maximum atomic E-state index is 12.4. The van der Waals surface area contributed by atoms with Crippen LogP contribution in [0.4, 0.5) is 0 Å². The van der Waals surface area contributed by atoms with Gasteiger partial charge in [0.05, 0.1) is 21.3 Å². The molecule has 152 valence electrons.